The summed E-state index contributed by atoms with van der Waals surface area (Å²) in [5.41, 5.74) is 5.81. The maximum Gasteiger partial charge on any atom is 0.269 e. The third-order valence-electron chi connectivity index (χ3n) is 2.28. The van der Waals surface area contributed by atoms with E-state index in [-0.39, 0.29) is 18.3 Å². The number of hydrogen-bond donors (Lipinski definition) is 2. The fourth-order valence-corrected chi connectivity index (χ4v) is 1.45. The van der Waals surface area contributed by atoms with Crippen molar-refractivity contribution in [1.82, 2.24) is 25.1 Å². The Morgan fingerprint density at radius 3 is 2.89 bits per heavy atom. The van der Waals surface area contributed by atoms with Gasteiger partial charge in [-0.2, -0.15) is 5.10 Å². The molecule has 0 saturated carbocycles. The summed E-state index contributed by atoms with van der Waals surface area (Å²) in [6.07, 6.45) is 2.20. The molecule has 3 N–H and O–H groups in total. The lowest BCUT2D eigenvalue weighted by atomic mass is 10.3. The Labute approximate surface area is 116 Å². The van der Waals surface area contributed by atoms with Gasteiger partial charge in [-0.1, -0.05) is 6.07 Å². The summed E-state index contributed by atoms with van der Waals surface area (Å²) in [5, 5.41) is 6.85. The van der Waals surface area contributed by atoms with Crippen molar-refractivity contribution in [2.24, 2.45) is 7.05 Å². The molecule has 0 aliphatic rings. The average molecular weight is 283 g/mol. The number of nitrogen functional groups attached to an aromatic ring is 1. The topological polar surface area (TPSA) is 98.7 Å². The summed E-state index contributed by atoms with van der Waals surface area (Å²) >= 11 is 0. The summed E-state index contributed by atoms with van der Waals surface area (Å²) in [5.74, 6) is 0.769. The molecule has 0 aliphatic heterocycles. The zero-order valence-electron chi connectivity index (χ0n) is 10.4. The molecule has 0 aliphatic carbocycles. The van der Waals surface area contributed by atoms with Crippen molar-refractivity contribution in [3.05, 3.63) is 36.0 Å². The molecule has 2 aromatic rings. The van der Waals surface area contributed by atoms with Gasteiger partial charge >= 0.3 is 0 Å². The highest BCUT2D eigenvalue weighted by molar-refractivity contribution is 5.92. The average Bonchev–Trinajstić information content (AvgIpc) is 2.75. The largest absolute Gasteiger partial charge is 0.384 e. The van der Waals surface area contributed by atoms with E-state index in [1.54, 1.807) is 36.3 Å². The zero-order valence-corrected chi connectivity index (χ0v) is 11.2. The van der Waals surface area contributed by atoms with Crippen LogP contribution in [-0.4, -0.2) is 32.2 Å². The minimum Gasteiger partial charge on any atom is -0.384 e. The quantitative estimate of drug-likeness (QED) is 0.834. The van der Waals surface area contributed by atoms with Gasteiger partial charge in [0.2, 0.25) is 0 Å². The van der Waals surface area contributed by atoms with Crippen LogP contribution in [0.2, 0.25) is 0 Å². The highest BCUT2D eigenvalue weighted by Crippen LogP contribution is 2.00. The fraction of sp³-hybridized carbons (Fsp3) is 0.273. The lowest BCUT2D eigenvalue weighted by molar-refractivity contribution is 0.0949. The van der Waals surface area contributed by atoms with Crippen LogP contribution in [-0.2, 0) is 13.5 Å². The second-order valence-corrected chi connectivity index (χ2v) is 3.79. The van der Waals surface area contributed by atoms with Crippen molar-refractivity contribution >= 4 is 24.1 Å². The molecule has 1 amide bonds. The summed E-state index contributed by atoms with van der Waals surface area (Å²) in [6.45, 7) is 0.458. The first-order valence-corrected chi connectivity index (χ1v) is 5.50. The highest BCUT2D eigenvalue weighted by atomic mass is 35.5. The minimum atomic E-state index is -0.252. The van der Waals surface area contributed by atoms with E-state index < -0.39 is 0 Å². The number of carbonyl (C=O) groups excluding carboxylic acids is 1. The van der Waals surface area contributed by atoms with Gasteiger partial charge in [0.1, 0.15) is 17.8 Å². The number of amides is 1. The molecular formula is C11H15ClN6O. The maximum absolute atomic E-state index is 11.7. The van der Waals surface area contributed by atoms with Gasteiger partial charge in [-0.15, -0.1) is 12.4 Å². The Kier molecular flexibility index (Phi) is 5.25. The highest BCUT2D eigenvalue weighted by Gasteiger charge is 2.07. The number of aryl methyl sites for hydroxylation is 1. The van der Waals surface area contributed by atoms with Crippen LogP contribution in [0.3, 0.4) is 0 Å². The number of rotatable bonds is 4. The van der Waals surface area contributed by atoms with Crippen molar-refractivity contribution in [3.8, 4) is 0 Å². The lowest BCUT2D eigenvalue weighted by Gasteiger charge is -2.03. The van der Waals surface area contributed by atoms with E-state index >= 15 is 0 Å². The number of hydrogen-bond acceptors (Lipinski definition) is 5. The SMILES string of the molecule is Cl.Cn1cnc(CCNC(=O)c2cccc(N)n2)n1. The van der Waals surface area contributed by atoms with Crippen LogP contribution in [0, 0.1) is 0 Å². The standard InChI is InChI=1S/C11H14N6O.ClH/c1-17-7-14-10(16-17)5-6-13-11(18)8-3-2-4-9(12)15-8;/h2-4,7H,5-6H2,1H3,(H2,12,15)(H,13,18);1H. The zero-order chi connectivity index (χ0) is 13.0. The molecule has 0 radical (unpaired) electrons. The molecule has 0 fully saturated rings. The third kappa shape index (κ3) is 4.22. The van der Waals surface area contributed by atoms with Crippen LogP contribution in [0.4, 0.5) is 5.82 Å². The van der Waals surface area contributed by atoms with Crippen LogP contribution in [0.5, 0.6) is 0 Å². The first kappa shape index (κ1) is 14.9. The Bertz CT molecular complexity index is 556. The molecule has 102 valence electrons. The molecule has 0 atom stereocenters. The molecule has 8 heteroatoms. The normalized spacial score (nSPS) is 9.74. The van der Waals surface area contributed by atoms with E-state index in [9.17, 15) is 4.79 Å². The van der Waals surface area contributed by atoms with Gasteiger partial charge in [-0.25, -0.2) is 9.97 Å². The summed E-state index contributed by atoms with van der Waals surface area (Å²) < 4.78 is 1.62. The molecule has 0 saturated heterocycles. The first-order valence-electron chi connectivity index (χ1n) is 5.50. The second-order valence-electron chi connectivity index (χ2n) is 3.79. The van der Waals surface area contributed by atoms with E-state index in [1.807, 2.05) is 0 Å². The molecule has 19 heavy (non-hydrogen) atoms. The van der Waals surface area contributed by atoms with Crippen molar-refractivity contribution in [2.75, 3.05) is 12.3 Å². The number of halogens is 1. The van der Waals surface area contributed by atoms with Crippen LogP contribution < -0.4 is 11.1 Å². The van der Waals surface area contributed by atoms with Crippen LogP contribution in [0.25, 0.3) is 0 Å². The van der Waals surface area contributed by atoms with Gasteiger partial charge in [-0.3, -0.25) is 9.48 Å². The number of aromatic nitrogens is 4. The lowest BCUT2D eigenvalue weighted by Crippen LogP contribution is -2.27. The summed E-state index contributed by atoms with van der Waals surface area (Å²) in [4.78, 5) is 19.7. The van der Waals surface area contributed by atoms with E-state index in [4.69, 9.17) is 5.73 Å². The number of pyridine rings is 1. The van der Waals surface area contributed by atoms with Crippen LogP contribution in [0.1, 0.15) is 16.3 Å². The van der Waals surface area contributed by atoms with Gasteiger partial charge in [-0.05, 0) is 12.1 Å². The Hall–Kier alpha value is -2.15. The molecule has 0 spiro atoms. The Morgan fingerprint density at radius 2 is 2.26 bits per heavy atom. The number of nitrogens with one attached hydrogen (secondary N) is 1. The molecule has 0 aromatic carbocycles. The maximum atomic E-state index is 11.7. The smallest absolute Gasteiger partial charge is 0.269 e. The van der Waals surface area contributed by atoms with E-state index in [0.717, 1.165) is 0 Å². The van der Waals surface area contributed by atoms with Crippen molar-refractivity contribution in [1.29, 1.82) is 0 Å². The molecule has 2 heterocycles. The van der Waals surface area contributed by atoms with Gasteiger partial charge in [0.25, 0.3) is 5.91 Å². The summed E-state index contributed by atoms with van der Waals surface area (Å²) in [6, 6.07) is 4.94. The van der Waals surface area contributed by atoms with Gasteiger partial charge in [0.15, 0.2) is 5.82 Å². The molecule has 2 rings (SSSR count). The molecule has 0 unspecified atom stereocenters. The van der Waals surface area contributed by atoms with E-state index in [1.165, 1.54) is 0 Å². The Morgan fingerprint density at radius 1 is 1.47 bits per heavy atom. The first-order chi connectivity index (χ1) is 8.65. The monoisotopic (exact) mass is 282 g/mol. The third-order valence-corrected chi connectivity index (χ3v) is 2.28. The minimum absolute atomic E-state index is 0. The van der Waals surface area contributed by atoms with E-state index in [0.29, 0.717) is 30.3 Å². The molecule has 7 nitrogen and oxygen atoms in total. The van der Waals surface area contributed by atoms with Crippen molar-refractivity contribution in [2.45, 2.75) is 6.42 Å². The van der Waals surface area contributed by atoms with Crippen LogP contribution >= 0.6 is 12.4 Å². The number of nitrogens with two attached hydrogens (primary N) is 1. The number of carbonyl (C=O) groups is 1. The van der Waals surface area contributed by atoms with Gasteiger partial charge < -0.3 is 11.1 Å². The predicted molar refractivity (Wildman–Crippen MR) is 72.9 cm³/mol. The summed E-state index contributed by atoms with van der Waals surface area (Å²) in [7, 11) is 1.80. The molecular weight excluding hydrogens is 268 g/mol. The van der Waals surface area contributed by atoms with Crippen molar-refractivity contribution in [3.63, 3.8) is 0 Å². The predicted octanol–water partition coefficient (Wildman–Crippen LogP) is 0.187. The van der Waals surface area contributed by atoms with Crippen LogP contribution in [0.15, 0.2) is 24.5 Å². The molecule has 0 bridgehead atoms. The Balaban J connectivity index is 0.00000180. The second kappa shape index (κ2) is 6.69. The fourth-order valence-electron chi connectivity index (χ4n) is 1.45. The van der Waals surface area contributed by atoms with Gasteiger partial charge in [0, 0.05) is 20.0 Å². The number of anilines is 1. The van der Waals surface area contributed by atoms with Gasteiger partial charge in [0.05, 0.1) is 0 Å². The molecule has 2 aromatic heterocycles. The number of nitrogens with zero attached hydrogens (tertiary/aromatic N) is 4. The van der Waals surface area contributed by atoms with Crippen molar-refractivity contribution < 1.29 is 4.79 Å². The van der Waals surface area contributed by atoms with E-state index in [2.05, 4.69) is 20.4 Å².